The molecule has 0 atom stereocenters. The molecule has 1 aromatic carbocycles. The highest BCUT2D eigenvalue weighted by Crippen LogP contribution is 2.39. The van der Waals surface area contributed by atoms with Crippen molar-refractivity contribution in [1.82, 2.24) is 0 Å². The van der Waals surface area contributed by atoms with Gasteiger partial charge in [0.25, 0.3) is 0 Å². The second-order valence-corrected chi connectivity index (χ2v) is 6.62. The lowest BCUT2D eigenvalue weighted by atomic mass is 9.89. The third-order valence-electron chi connectivity index (χ3n) is 4.17. The second-order valence-electron chi connectivity index (χ2n) is 5.76. The summed E-state index contributed by atoms with van der Waals surface area (Å²) in [5.41, 5.74) is 7.60. The normalized spacial score (nSPS) is 22.1. The fraction of sp³-hybridized carbons (Fsp3) is 0.600. The van der Waals surface area contributed by atoms with E-state index in [1.165, 1.54) is 31.2 Å². The summed E-state index contributed by atoms with van der Waals surface area (Å²) in [5, 5.41) is 0. The van der Waals surface area contributed by atoms with Crippen molar-refractivity contribution in [2.45, 2.75) is 44.1 Å². The lowest BCUT2D eigenvalue weighted by Gasteiger charge is -2.25. The maximum atomic E-state index is 6.50. The van der Waals surface area contributed by atoms with Crippen molar-refractivity contribution in [2.75, 3.05) is 6.61 Å². The molecule has 0 aliphatic heterocycles. The summed E-state index contributed by atoms with van der Waals surface area (Å²) in [6.45, 7) is 0.847. The first-order valence-corrected chi connectivity index (χ1v) is 7.68. The Labute approximate surface area is 117 Å². The summed E-state index contributed by atoms with van der Waals surface area (Å²) in [6, 6.07) is 6.35. The average Bonchev–Trinajstić information content (AvgIpc) is 3.09. The van der Waals surface area contributed by atoms with Crippen molar-refractivity contribution < 1.29 is 4.74 Å². The van der Waals surface area contributed by atoms with Crippen molar-refractivity contribution in [2.24, 2.45) is 11.7 Å². The quantitative estimate of drug-likeness (QED) is 0.913. The Morgan fingerprint density at radius 2 is 2.00 bits per heavy atom. The SMILES string of the molecule is NC1(c2ccc(Br)c(OCC3CC3)c2)CCCC1. The van der Waals surface area contributed by atoms with Crippen LogP contribution in [0.5, 0.6) is 5.75 Å². The Kier molecular flexibility index (Phi) is 3.37. The van der Waals surface area contributed by atoms with E-state index in [0.29, 0.717) is 0 Å². The molecule has 98 valence electrons. The topological polar surface area (TPSA) is 35.2 Å². The highest BCUT2D eigenvalue weighted by Gasteiger charge is 2.31. The van der Waals surface area contributed by atoms with Gasteiger partial charge in [-0.3, -0.25) is 0 Å². The largest absolute Gasteiger partial charge is 0.492 e. The molecule has 0 unspecified atom stereocenters. The number of hydrogen-bond donors (Lipinski definition) is 1. The predicted octanol–water partition coefficient (Wildman–Crippen LogP) is 3.97. The molecule has 1 aromatic rings. The molecule has 2 aliphatic carbocycles. The van der Waals surface area contributed by atoms with Gasteiger partial charge < -0.3 is 10.5 Å². The zero-order valence-corrected chi connectivity index (χ0v) is 12.2. The zero-order chi connectivity index (χ0) is 12.6. The van der Waals surface area contributed by atoms with Gasteiger partial charge in [0.15, 0.2) is 0 Å². The van der Waals surface area contributed by atoms with Crippen LogP contribution in [0.3, 0.4) is 0 Å². The summed E-state index contributed by atoms with van der Waals surface area (Å²) in [4.78, 5) is 0. The van der Waals surface area contributed by atoms with Crippen molar-refractivity contribution in [3.63, 3.8) is 0 Å². The zero-order valence-electron chi connectivity index (χ0n) is 10.6. The van der Waals surface area contributed by atoms with Crippen LogP contribution in [0, 0.1) is 5.92 Å². The Balaban J connectivity index is 1.79. The van der Waals surface area contributed by atoms with Crippen LogP contribution >= 0.6 is 15.9 Å². The molecule has 3 heteroatoms. The van der Waals surface area contributed by atoms with Crippen LogP contribution in [-0.4, -0.2) is 6.61 Å². The summed E-state index contributed by atoms with van der Waals surface area (Å²) >= 11 is 3.56. The van der Waals surface area contributed by atoms with E-state index >= 15 is 0 Å². The first kappa shape index (κ1) is 12.5. The summed E-state index contributed by atoms with van der Waals surface area (Å²) in [5.74, 6) is 1.73. The van der Waals surface area contributed by atoms with Gasteiger partial charge in [0.05, 0.1) is 11.1 Å². The van der Waals surface area contributed by atoms with E-state index < -0.39 is 0 Å². The average molecular weight is 310 g/mol. The van der Waals surface area contributed by atoms with E-state index in [0.717, 1.165) is 35.6 Å². The molecule has 2 nitrogen and oxygen atoms in total. The minimum atomic E-state index is -0.127. The Bertz CT molecular complexity index is 436. The van der Waals surface area contributed by atoms with Gasteiger partial charge in [0, 0.05) is 5.54 Å². The first-order valence-electron chi connectivity index (χ1n) is 6.89. The lowest BCUT2D eigenvalue weighted by Crippen LogP contribution is -2.33. The Morgan fingerprint density at radius 3 is 2.67 bits per heavy atom. The van der Waals surface area contributed by atoms with Crippen molar-refractivity contribution in [3.05, 3.63) is 28.2 Å². The van der Waals surface area contributed by atoms with Crippen LogP contribution in [0.15, 0.2) is 22.7 Å². The van der Waals surface area contributed by atoms with E-state index in [1.807, 2.05) is 0 Å². The van der Waals surface area contributed by atoms with Gasteiger partial charge in [-0.25, -0.2) is 0 Å². The molecule has 0 bridgehead atoms. The van der Waals surface area contributed by atoms with Crippen molar-refractivity contribution in [1.29, 1.82) is 0 Å². The van der Waals surface area contributed by atoms with Crippen LogP contribution in [0.1, 0.15) is 44.1 Å². The molecule has 3 rings (SSSR count). The molecule has 2 fully saturated rings. The van der Waals surface area contributed by atoms with Crippen LogP contribution < -0.4 is 10.5 Å². The van der Waals surface area contributed by atoms with E-state index in [-0.39, 0.29) is 5.54 Å². The van der Waals surface area contributed by atoms with Gasteiger partial charge in [-0.2, -0.15) is 0 Å². The molecule has 0 aromatic heterocycles. The fourth-order valence-corrected chi connectivity index (χ4v) is 3.07. The molecular weight excluding hydrogens is 290 g/mol. The van der Waals surface area contributed by atoms with Gasteiger partial charge in [0.1, 0.15) is 5.75 Å². The predicted molar refractivity (Wildman–Crippen MR) is 76.7 cm³/mol. The Hall–Kier alpha value is -0.540. The van der Waals surface area contributed by atoms with Gasteiger partial charge in [0.2, 0.25) is 0 Å². The molecule has 0 amide bonds. The maximum absolute atomic E-state index is 6.50. The Morgan fingerprint density at radius 1 is 1.28 bits per heavy atom. The third kappa shape index (κ3) is 2.57. The summed E-state index contributed by atoms with van der Waals surface area (Å²) < 4.78 is 6.94. The number of halogens is 1. The minimum Gasteiger partial charge on any atom is -0.492 e. The molecular formula is C15H20BrNO. The monoisotopic (exact) mass is 309 g/mol. The highest BCUT2D eigenvalue weighted by atomic mass is 79.9. The second kappa shape index (κ2) is 4.86. The summed E-state index contributed by atoms with van der Waals surface area (Å²) in [7, 11) is 0. The van der Waals surface area contributed by atoms with Crippen molar-refractivity contribution in [3.8, 4) is 5.75 Å². The highest BCUT2D eigenvalue weighted by molar-refractivity contribution is 9.10. The van der Waals surface area contributed by atoms with Crippen LogP contribution in [0.4, 0.5) is 0 Å². The van der Waals surface area contributed by atoms with Crippen LogP contribution in [0.2, 0.25) is 0 Å². The molecule has 0 spiro atoms. The minimum absolute atomic E-state index is 0.127. The molecule has 0 saturated heterocycles. The molecule has 18 heavy (non-hydrogen) atoms. The maximum Gasteiger partial charge on any atom is 0.133 e. The van der Waals surface area contributed by atoms with Gasteiger partial charge in [-0.15, -0.1) is 0 Å². The van der Waals surface area contributed by atoms with Gasteiger partial charge >= 0.3 is 0 Å². The van der Waals surface area contributed by atoms with E-state index in [9.17, 15) is 0 Å². The molecule has 0 heterocycles. The van der Waals surface area contributed by atoms with E-state index in [1.54, 1.807) is 0 Å². The fourth-order valence-electron chi connectivity index (χ4n) is 2.71. The van der Waals surface area contributed by atoms with Gasteiger partial charge in [-0.1, -0.05) is 18.9 Å². The third-order valence-corrected chi connectivity index (χ3v) is 4.83. The first-order chi connectivity index (χ1) is 8.67. The number of ether oxygens (including phenoxy) is 1. The standard InChI is InChI=1S/C15H20BrNO/c16-13-6-5-12(15(17)7-1-2-8-15)9-14(13)18-10-11-3-4-11/h5-6,9,11H,1-4,7-8,10,17H2. The molecule has 2 N–H and O–H groups in total. The summed E-state index contributed by atoms with van der Waals surface area (Å²) in [6.07, 6.45) is 7.30. The molecule has 2 aliphatic rings. The van der Waals surface area contributed by atoms with Crippen LogP contribution in [-0.2, 0) is 5.54 Å². The number of benzene rings is 1. The molecule has 0 radical (unpaired) electrons. The number of hydrogen-bond acceptors (Lipinski definition) is 2. The van der Waals surface area contributed by atoms with E-state index in [4.69, 9.17) is 10.5 Å². The number of rotatable bonds is 4. The molecule has 2 saturated carbocycles. The smallest absolute Gasteiger partial charge is 0.133 e. The lowest BCUT2D eigenvalue weighted by molar-refractivity contribution is 0.296. The number of nitrogens with two attached hydrogens (primary N) is 1. The van der Waals surface area contributed by atoms with E-state index in [2.05, 4.69) is 34.1 Å². The van der Waals surface area contributed by atoms with Gasteiger partial charge in [-0.05, 0) is 65.2 Å². The van der Waals surface area contributed by atoms with Crippen molar-refractivity contribution >= 4 is 15.9 Å². The van der Waals surface area contributed by atoms with Crippen LogP contribution in [0.25, 0.3) is 0 Å².